The number of fused-ring (bicyclic) bond motifs is 1. The summed E-state index contributed by atoms with van der Waals surface area (Å²) in [5, 5.41) is 15.1. The standard InChI is InChI=1S/C24H26ClFN4O4/c1-2-34-22-12-21-18(10-15(22)9-17(32)13-27-23(33)5-3-4-8-31)24(29-14-28-21)30-16-6-7-20(26)19(25)11-16/h6-7,10-12,14,31H,2-5,8-9,13H2,1H3,(H,27,33)(H,28,29,30). The summed E-state index contributed by atoms with van der Waals surface area (Å²) in [6.07, 6.45) is 2.79. The molecule has 0 bridgehead atoms. The summed E-state index contributed by atoms with van der Waals surface area (Å²) >= 11 is 5.88. The number of rotatable bonds is 12. The second kappa shape index (κ2) is 12.2. The molecule has 0 aliphatic heterocycles. The number of Topliss-reactive ketones (excluding diaryl/α,β-unsaturated/α-hetero) is 1. The van der Waals surface area contributed by atoms with E-state index < -0.39 is 5.82 Å². The van der Waals surface area contributed by atoms with E-state index in [0.29, 0.717) is 53.2 Å². The molecular formula is C24H26ClFN4O4. The number of aliphatic hydroxyl groups excluding tert-OH is 1. The van der Waals surface area contributed by atoms with Crippen LogP contribution in [-0.4, -0.2) is 46.5 Å². The first-order valence-electron chi connectivity index (χ1n) is 10.9. The maximum atomic E-state index is 13.5. The molecule has 0 radical (unpaired) electrons. The molecule has 0 fully saturated rings. The predicted octanol–water partition coefficient (Wildman–Crippen LogP) is 3.96. The van der Waals surface area contributed by atoms with E-state index in [-0.39, 0.29) is 42.7 Å². The largest absolute Gasteiger partial charge is 0.494 e. The number of benzene rings is 2. The summed E-state index contributed by atoms with van der Waals surface area (Å²) in [6, 6.07) is 7.75. The first-order chi connectivity index (χ1) is 16.4. The van der Waals surface area contributed by atoms with Gasteiger partial charge in [-0.3, -0.25) is 9.59 Å². The molecule has 0 spiro atoms. The highest BCUT2D eigenvalue weighted by Crippen LogP contribution is 2.31. The normalized spacial score (nSPS) is 10.8. The SMILES string of the molecule is CCOc1cc2ncnc(Nc3ccc(F)c(Cl)c3)c2cc1CC(=O)CNC(=O)CCCCO. The van der Waals surface area contributed by atoms with E-state index >= 15 is 0 Å². The Morgan fingerprint density at radius 1 is 1.18 bits per heavy atom. The van der Waals surface area contributed by atoms with Gasteiger partial charge in [0.1, 0.15) is 23.7 Å². The molecule has 10 heteroatoms. The van der Waals surface area contributed by atoms with Crippen molar-refractivity contribution in [1.29, 1.82) is 0 Å². The van der Waals surface area contributed by atoms with Crippen LogP contribution in [0, 0.1) is 5.82 Å². The molecule has 8 nitrogen and oxygen atoms in total. The van der Waals surface area contributed by atoms with Crippen LogP contribution in [0.1, 0.15) is 31.7 Å². The number of halogens is 2. The first-order valence-corrected chi connectivity index (χ1v) is 11.3. The maximum Gasteiger partial charge on any atom is 0.220 e. The van der Waals surface area contributed by atoms with Crippen molar-refractivity contribution >= 4 is 45.7 Å². The van der Waals surface area contributed by atoms with Crippen LogP contribution in [-0.2, 0) is 16.0 Å². The maximum absolute atomic E-state index is 13.5. The molecule has 0 aliphatic rings. The van der Waals surface area contributed by atoms with E-state index in [1.807, 2.05) is 6.92 Å². The van der Waals surface area contributed by atoms with Crippen LogP contribution in [0.3, 0.4) is 0 Å². The summed E-state index contributed by atoms with van der Waals surface area (Å²) in [5.41, 5.74) is 1.77. The second-order valence-corrected chi connectivity index (χ2v) is 7.97. The summed E-state index contributed by atoms with van der Waals surface area (Å²) < 4.78 is 19.2. The van der Waals surface area contributed by atoms with Crippen molar-refractivity contribution in [2.24, 2.45) is 0 Å². The molecule has 34 heavy (non-hydrogen) atoms. The number of unbranched alkanes of at least 4 members (excludes halogenated alkanes) is 1. The molecule has 3 aromatic rings. The number of carbonyl (C=O) groups is 2. The highest BCUT2D eigenvalue weighted by Gasteiger charge is 2.15. The second-order valence-electron chi connectivity index (χ2n) is 7.56. The van der Waals surface area contributed by atoms with Crippen molar-refractivity contribution in [3.63, 3.8) is 0 Å². The van der Waals surface area contributed by atoms with Crippen molar-refractivity contribution in [1.82, 2.24) is 15.3 Å². The van der Waals surface area contributed by atoms with E-state index in [0.717, 1.165) is 0 Å². The lowest BCUT2D eigenvalue weighted by molar-refractivity contribution is -0.125. The van der Waals surface area contributed by atoms with Crippen molar-refractivity contribution in [3.8, 4) is 5.75 Å². The molecule has 0 aliphatic carbocycles. The van der Waals surface area contributed by atoms with Gasteiger partial charge in [0, 0.05) is 42.2 Å². The Morgan fingerprint density at radius 3 is 2.74 bits per heavy atom. The van der Waals surface area contributed by atoms with Gasteiger partial charge in [0.15, 0.2) is 5.78 Å². The third-order valence-corrected chi connectivity index (χ3v) is 5.27. The smallest absolute Gasteiger partial charge is 0.220 e. The minimum atomic E-state index is -0.526. The summed E-state index contributed by atoms with van der Waals surface area (Å²) in [6.45, 7) is 2.17. The predicted molar refractivity (Wildman–Crippen MR) is 128 cm³/mol. The molecule has 2 aromatic carbocycles. The number of carbonyl (C=O) groups excluding carboxylic acids is 2. The minimum absolute atomic E-state index is 0.0216. The first kappa shape index (κ1) is 25.3. The van der Waals surface area contributed by atoms with E-state index in [1.54, 1.807) is 12.1 Å². The Labute approximate surface area is 201 Å². The molecule has 0 saturated carbocycles. The molecule has 3 rings (SSSR count). The molecule has 0 unspecified atom stereocenters. The van der Waals surface area contributed by atoms with Gasteiger partial charge in [-0.2, -0.15) is 0 Å². The Balaban J connectivity index is 1.81. The lowest BCUT2D eigenvalue weighted by Crippen LogP contribution is -2.30. The van der Waals surface area contributed by atoms with Crippen LogP contribution < -0.4 is 15.4 Å². The van der Waals surface area contributed by atoms with Crippen LogP contribution in [0.5, 0.6) is 5.75 Å². The van der Waals surface area contributed by atoms with Gasteiger partial charge < -0.3 is 20.5 Å². The number of anilines is 2. The fraction of sp³-hybridized carbons (Fsp3) is 0.333. The van der Waals surface area contributed by atoms with Crippen molar-refractivity contribution in [2.75, 3.05) is 25.1 Å². The summed E-state index contributed by atoms with van der Waals surface area (Å²) in [5.74, 6) is 0.0341. The molecule has 0 atom stereocenters. The molecular weight excluding hydrogens is 463 g/mol. The third-order valence-electron chi connectivity index (χ3n) is 4.98. The number of ketones is 1. The van der Waals surface area contributed by atoms with Gasteiger partial charge in [0.25, 0.3) is 0 Å². The van der Waals surface area contributed by atoms with Gasteiger partial charge >= 0.3 is 0 Å². The van der Waals surface area contributed by atoms with Gasteiger partial charge in [-0.25, -0.2) is 14.4 Å². The number of amides is 1. The van der Waals surface area contributed by atoms with E-state index in [4.69, 9.17) is 21.4 Å². The van der Waals surface area contributed by atoms with Gasteiger partial charge in [0.2, 0.25) is 5.91 Å². The zero-order valence-corrected chi connectivity index (χ0v) is 19.5. The van der Waals surface area contributed by atoms with E-state index in [9.17, 15) is 14.0 Å². The van der Waals surface area contributed by atoms with Crippen molar-refractivity contribution in [2.45, 2.75) is 32.6 Å². The molecule has 1 heterocycles. The lowest BCUT2D eigenvalue weighted by Gasteiger charge is -2.14. The van der Waals surface area contributed by atoms with Crippen molar-refractivity contribution < 1.29 is 23.8 Å². The summed E-state index contributed by atoms with van der Waals surface area (Å²) in [7, 11) is 0. The average molecular weight is 489 g/mol. The number of aliphatic hydroxyl groups is 1. The number of hydrogen-bond acceptors (Lipinski definition) is 7. The Morgan fingerprint density at radius 2 is 2.00 bits per heavy atom. The average Bonchev–Trinajstić information content (AvgIpc) is 2.81. The zero-order chi connectivity index (χ0) is 24.5. The molecule has 180 valence electrons. The Kier molecular flexibility index (Phi) is 9.12. The Bertz CT molecular complexity index is 1180. The molecule has 3 N–H and O–H groups in total. The van der Waals surface area contributed by atoms with E-state index in [1.165, 1.54) is 24.5 Å². The Hall–Kier alpha value is -3.30. The molecule has 0 saturated heterocycles. The third kappa shape index (κ3) is 6.85. The van der Waals surface area contributed by atoms with Gasteiger partial charge in [-0.05, 0) is 44.0 Å². The highest BCUT2D eigenvalue weighted by atomic mass is 35.5. The quantitative estimate of drug-likeness (QED) is 0.331. The van der Waals surface area contributed by atoms with Crippen LogP contribution >= 0.6 is 11.6 Å². The van der Waals surface area contributed by atoms with E-state index in [2.05, 4.69) is 20.6 Å². The summed E-state index contributed by atoms with van der Waals surface area (Å²) in [4.78, 5) is 33.0. The fourth-order valence-corrected chi connectivity index (χ4v) is 3.51. The van der Waals surface area contributed by atoms with Crippen LogP contribution in [0.2, 0.25) is 5.02 Å². The lowest BCUT2D eigenvalue weighted by atomic mass is 10.0. The van der Waals surface area contributed by atoms with Crippen molar-refractivity contribution in [3.05, 3.63) is 53.1 Å². The minimum Gasteiger partial charge on any atom is -0.494 e. The molecule has 1 amide bonds. The molecule has 1 aromatic heterocycles. The van der Waals surface area contributed by atoms with Crippen LogP contribution in [0.4, 0.5) is 15.9 Å². The van der Waals surface area contributed by atoms with Gasteiger partial charge in [-0.15, -0.1) is 0 Å². The monoisotopic (exact) mass is 488 g/mol. The van der Waals surface area contributed by atoms with Gasteiger partial charge in [0.05, 0.1) is 23.7 Å². The zero-order valence-electron chi connectivity index (χ0n) is 18.7. The number of nitrogens with zero attached hydrogens (tertiary/aromatic N) is 2. The van der Waals surface area contributed by atoms with Crippen LogP contribution in [0.15, 0.2) is 36.7 Å². The topological polar surface area (TPSA) is 113 Å². The number of ether oxygens (including phenoxy) is 1. The van der Waals surface area contributed by atoms with Gasteiger partial charge in [-0.1, -0.05) is 11.6 Å². The number of nitrogens with one attached hydrogen (secondary N) is 2. The fourth-order valence-electron chi connectivity index (χ4n) is 3.32. The van der Waals surface area contributed by atoms with Crippen LogP contribution in [0.25, 0.3) is 10.9 Å². The number of aromatic nitrogens is 2. The number of hydrogen-bond donors (Lipinski definition) is 3. The highest BCUT2D eigenvalue weighted by molar-refractivity contribution is 6.31.